The van der Waals surface area contributed by atoms with Crippen LogP contribution < -0.4 is 10.7 Å². The van der Waals surface area contributed by atoms with Gasteiger partial charge >= 0.3 is 0 Å². The van der Waals surface area contributed by atoms with E-state index in [1.54, 1.807) is 11.3 Å². The van der Waals surface area contributed by atoms with Crippen LogP contribution in [0.3, 0.4) is 0 Å². The molecule has 0 spiro atoms. The van der Waals surface area contributed by atoms with Crippen molar-refractivity contribution in [3.05, 3.63) is 52.2 Å². The van der Waals surface area contributed by atoms with Crippen LogP contribution in [0.1, 0.15) is 37.7 Å². The zero-order chi connectivity index (χ0) is 21.2. The summed E-state index contributed by atoms with van der Waals surface area (Å²) in [5.74, 6) is 0. The standard InChI is InChI=1S/C26H33N3OS/c1-19-11-12-22(24-25(30)21-9-5-6-10-23(21)31-26(19)24)27-13-14-28-15-17-29(18-16-28)20-7-3-2-4-8-20/h5-6,9-12,20,27H,2-4,7-8,13-18H2,1H3. The van der Waals surface area contributed by atoms with Gasteiger partial charge in [-0.1, -0.05) is 37.5 Å². The molecule has 1 saturated carbocycles. The Bertz CT molecular complexity index is 1110. The van der Waals surface area contributed by atoms with E-state index >= 15 is 0 Å². The van der Waals surface area contributed by atoms with E-state index in [1.165, 1.54) is 50.8 Å². The van der Waals surface area contributed by atoms with Gasteiger partial charge in [-0.3, -0.25) is 14.6 Å². The third kappa shape index (κ3) is 4.36. The summed E-state index contributed by atoms with van der Waals surface area (Å²) < 4.78 is 2.17. The smallest absolute Gasteiger partial charge is 0.197 e. The van der Waals surface area contributed by atoms with E-state index in [0.29, 0.717) is 0 Å². The minimum atomic E-state index is 0.150. The summed E-state index contributed by atoms with van der Waals surface area (Å²) in [6, 6.07) is 13.0. The first-order chi connectivity index (χ1) is 15.2. The largest absolute Gasteiger partial charge is 0.383 e. The van der Waals surface area contributed by atoms with Crippen molar-refractivity contribution in [2.24, 2.45) is 0 Å². The quantitative estimate of drug-likeness (QED) is 0.567. The number of anilines is 1. The van der Waals surface area contributed by atoms with E-state index in [1.807, 2.05) is 24.3 Å². The zero-order valence-electron chi connectivity index (χ0n) is 18.5. The Morgan fingerprint density at radius 3 is 2.58 bits per heavy atom. The minimum absolute atomic E-state index is 0.150. The molecule has 0 radical (unpaired) electrons. The number of benzene rings is 2. The normalized spacial score (nSPS) is 19.3. The molecule has 2 aromatic carbocycles. The summed E-state index contributed by atoms with van der Waals surface area (Å²) in [5.41, 5.74) is 2.30. The number of fused-ring (bicyclic) bond motifs is 2. The molecule has 0 atom stereocenters. The lowest BCUT2D eigenvalue weighted by Crippen LogP contribution is -2.51. The molecular formula is C26H33N3OS. The summed E-state index contributed by atoms with van der Waals surface area (Å²) in [6.45, 7) is 8.73. The predicted octanol–water partition coefficient (Wildman–Crippen LogP) is 5.09. The fourth-order valence-corrected chi connectivity index (χ4v) is 6.50. The van der Waals surface area contributed by atoms with Crippen molar-refractivity contribution in [3.63, 3.8) is 0 Å². The maximum Gasteiger partial charge on any atom is 0.197 e. The molecule has 1 aliphatic carbocycles. The van der Waals surface area contributed by atoms with Gasteiger partial charge in [-0.25, -0.2) is 0 Å². The molecule has 2 aliphatic rings. The van der Waals surface area contributed by atoms with E-state index in [-0.39, 0.29) is 5.43 Å². The third-order valence-corrected chi connectivity index (χ3v) is 8.47. The van der Waals surface area contributed by atoms with Gasteiger partial charge in [-0.2, -0.15) is 0 Å². The Labute approximate surface area is 188 Å². The van der Waals surface area contributed by atoms with E-state index in [2.05, 4.69) is 34.2 Å². The highest BCUT2D eigenvalue weighted by Gasteiger charge is 2.24. The van der Waals surface area contributed by atoms with Crippen LogP contribution in [0.15, 0.2) is 41.2 Å². The van der Waals surface area contributed by atoms with Gasteiger partial charge in [0.25, 0.3) is 0 Å². The highest BCUT2D eigenvalue weighted by molar-refractivity contribution is 7.24. The molecule has 1 aliphatic heterocycles. The zero-order valence-corrected chi connectivity index (χ0v) is 19.3. The first kappa shape index (κ1) is 20.9. The lowest BCUT2D eigenvalue weighted by Gasteiger charge is -2.40. The summed E-state index contributed by atoms with van der Waals surface area (Å²) in [5, 5.41) is 5.27. The summed E-state index contributed by atoms with van der Waals surface area (Å²) >= 11 is 1.73. The van der Waals surface area contributed by atoms with Crippen molar-refractivity contribution >= 4 is 37.2 Å². The number of rotatable bonds is 5. The van der Waals surface area contributed by atoms with Crippen LogP contribution in [-0.4, -0.2) is 55.1 Å². The number of hydrogen-bond donors (Lipinski definition) is 1. The van der Waals surface area contributed by atoms with E-state index in [9.17, 15) is 4.79 Å². The molecule has 5 rings (SSSR count). The molecule has 4 nitrogen and oxygen atoms in total. The van der Waals surface area contributed by atoms with Gasteiger partial charge in [-0.15, -0.1) is 11.3 Å². The molecule has 31 heavy (non-hydrogen) atoms. The summed E-state index contributed by atoms with van der Waals surface area (Å²) in [4.78, 5) is 18.6. The van der Waals surface area contributed by atoms with E-state index in [4.69, 9.17) is 0 Å². The van der Waals surface area contributed by atoms with Gasteiger partial charge < -0.3 is 5.32 Å². The number of nitrogens with zero attached hydrogens (tertiary/aromatic N) is 2. The first-order valence-electron chi connectivity index (χ1n) is 11.9. The Kier molecular flexibility index (Phi) is 6.26. The second-order valence-electron chi connectivity index (χ2n) is 9.16. The van der Waals surface area contributed by atoms with E-state index in [0.717, 1.165) is 58.1 Å². The Morgan fingerprint density at radius 2 is 1.77 bits per heavy atom. The second-order valence-corrected chi connectivity index (χ2v) is 10.2. The molecule has 5 heteroatoms. The van der Waals surface area contributed by atoms with Gasteiger partial charge in [0.2, 0.25) is 0 Å². The van der Waals surface area contributed by atoms with Gasteiger partial charge in [0, 0.05) is 65.8 Å². The monoisotopic (exact) mass is 435 g/mol. The Hall–Kier alpha value is -1.95. The fourth-order valence-electron chi connectivity index (χ4n) is 5.33. The Morgan fingerprint density at radius 1 is 1.00 bits per heavy atom. The highest BCUT2D eigenvalue weighted by Crippen LogP contribution is 2.31. The molecule has 1 aromatic heterocycles. The SMILES string of the molecule is Cc1ccc(NCCN2CCN(C3CCCCC3)CC2)c2c(=O)c3ccccc3sc12. The number of aryl methyl sites for hydroxylation is 1. The fraction of sp³-hybridized carbons (Fsp3) is 0.500. The van der Waals surface area contributed by atoms with Crippen LogP contribution in [0.4, 0.5) is 5.69 Å². The van der Waals surface area contributed by atoms with Gasteiger partial charge in [0.1, 0.15) is 0 Å². The van der Waals surface area contributed by atoms with Crippen LogP contribution in [0.2, 0.25) is 0 Å². The molecular weight excluding hydrogens is 402 g/mol. The third-order valence-electron chi connectivity index (χ3n) is 7.17. The minimum Gasteiger partial charge on any atom is -0.383 e. The van der Waals surface area contributed by atoms with Gasteiger partial charge in [0.15, 0.2) is 5.43 Å². The van der Waals surface area contributed by atoms with Crippen molar-refractivity contribution in [2.45, 2.75) is 45.1 Å². The average Bonchev–Trinajstić information content (AvgIpc) is 2.82. The van der Waals surface area contributed by atoms with Crippen LogP contribution in [0.5, 0.6) is 0 Å². The van der Waals surface area contributed by atoms with Gasteiger partial charge in [-0.05, 0) is 43.5 Å². The van der Waals surface area contributed by atoms with Crippen molar-refractivity contribution in [2.75, 3.05) is 44.6 Å². The van der Waals surface area contributed by atoms with Crippen molar-refractivity contribution in [3.8, 4) is 0 Å². The van der Waals surface area contributed by atoms with Crippen LogP contribution in [0.25, 0.3) is 20.2 Å². The first-order valence-corrected chi connectivity index (χ1v) is 12.7. The molecule has 2 heterocycles. The van der Waals surface area contributed by atoms with Crippen molar-refractivity contribution in [1.29, 1.82) is 0 Å². The number of piperazine rings is 1. The lowest BCUT2D eigenvalue weighted by atomic mass is 9.94. The predicted molar refractivity (Wildman–Crippen MR) is 134 cm³/mol. The second kappa shape index (κ2) is 9.27. The van der Waals surface area contributed by atoms with E-state index < -0.39 is 0 Å². The molecule has 2 fully saturated rings. The molecule has 1 saturated heterocycles. The maximum absolute atomic E-state index is 13.3. The molecule has 164 valence electrons. The molecule has 3 aromatic rings. The van der Waals surface area contributed by atoms with Crippen LogP contribution >= 0.6 is 11.3 Å². The van der Waals surface area contributed by atoms with Crippen LogP contribution in [0, 0.1) is 6.92 Å². The van der Waals surface area contributed by atoms with Crippen molar-refractivity contribution in [1.82, 2.24) is 9.80 Å². The van der Waals surface area contributed by atoms with Crippen LogP contribution in [-0.2, 0) is 0 Å². The lowest BCUT2D eigenvalue weighted by molar-refractivity contribution is 0.0810. The Balaban J connectivity index is 1.25. The molecule has 0 amide bonds. The van der Waals surface area contributed by atoms with Gasteiger partial charge in [0.05, 0.1) is 5.39 Å². The molecule has 0 bridgehead atoms. The summed E-state index contributed by atoms with van der Waals surface area (Å²) in [6.07, 6.45) is 7.05. The number of nitrogens with one attached hydrogen (secondary N) is 1. The maximum atomic E-state index is 13.3. The molecule has 0 unspecified atom stereocenters. The molecule has 1 N–H and O–H groups in total. The van der Waals surface area contributed by atoms with Crippen molar-refractivity contribution < 1.29 is 0 Å². The topological polar surface area (TPSA) is 35.6 Å². The summed E-state index contributed by atoms with van der Waals surface area (Å²) in [7, 11) is 0. The average molecular weight is 436 g/mol. The number of hydrogen-bond acceptors (Lipinski definition) is 5. The highest BCUT2D eigenvalue weighted by atomic mass is 32.1.